The molecule has 0 bridgehead atoms. The van der Waals surface area contributed by atoms with Gasteiger partial charge >= 0.3 is 0 Å². The fourth-order valence-electron chi connectivity index (χ4n) is 2.17. The molecule has 29 heavy (non-hydrogen) atoms. The van der Waals surface area contributed by atoms with Crippen molar-refractivity contribution in [2.24, 2.45) is 0 Å². The lowest BCUT2D eigenvalue weighted by Crippen LogP contribution is -2.49. The van der Waals surface area contributed by atoms with Crippen molar-refractivity contribution in [1.29, 1.82) is 0 Å². The highest BCUT2D eigenvalue weighted by Crippen LogP contribution is 2.20. The highest BCUT2D eigenvalue weighted by molar-refractivity contribution is 7.80. The van der Waals surface area contributed by atoms with Crippen LogP contribution in [0.4, 0.5) is 0 Å². The number of hydrazine groups is 1. The molecule has 7 nitrogen and oxygen atoms in total. The standard InChI is InChI=1S/C20H22ClN3O4S/c1-3-9-27-15-6-4-5-14(11-15)19(26)22-20(29)24-23-18(25)12-28-16-7-8-17(21)13(2)10-16/h4-8,10-11H,3,9,12H2,1-2H3,(H,23,25)(H2,22,24,26,29). The Kier molecular flexibility index (Phi) is 8.69. The largest absolute Gasteiger partial charge is 0.494 e. The van der Waals surface area contributed by atoms with Crippen molar-refractivity contribution in [3.63, 3.8) is 0 Å². The molecule has 0 radical (unpaired) electrons. The third-order valence-corrected chi connectivity index (χ3v) is 4.24. The number of aryl methyl sites for hydroxylation is 1. The molecule has 2 amide bonds. The average molecular weight is 436 g/mol. The average Bonchev–Trinajstić information content (AvgIpc) is 2.71. The number of thiocarbonyl (C=S) groups is 1. The minimum Gasteiger partial charge on any atom is -0.494 e. The van der Waals surface area contributed by atoms with Gasteiger partial charge in [0, 0.05) is 10.6 Å². The van der Waals surface area contributed by atoms with E-state index in [1.807, 2.05) is 13.8 Å². The summed E-state index contributed by atoms with van der Waals surface area (Å²) in [6.07, 6.45) is 0.867. The Morgan fingerprint density at radius 2 is 1.83 bits per heavy atom. The molecule has 9 heteroatoms. The summed E-state index contributed by atoms with van der Waals surface area (Å²) >= 11 is 11.0. The van der Waals surface area contributed by atoms with E-state index in [2.05, 4.69) is 16.2 Å². The molecule has 0 aliphatic carbocycles. The van der Waals surface area contributed by atoms with Crippen LogP contribution in [-0.2, 0) is 4.79 Å². The van der Waals surface area contributed by atoms with E-state index in [4.69, 9.17) is 33.3 Å². The molecule has 0 fully saturated rings. The van der Waals surface area contributed by atoms with Crippen molar-refractivity contribution in [2.75, 3.05) is 13.2 Å². The van der Waals surface area contributed by atoms with E-state index in [-0.39, 0.29) is 11.7 Å². The SMILES string of the molecule is CCCOc1cccc(C(=O)NC(=S)NNC(=O)COc2ccc(Cl)c(C)c2)c1. The van der Waals surface area contributed by atoms with Crippen molar-refractivity contribution < 1.29 is 19.1 Å². The minimum atomic E-state index is -0.468. The van der Waals surface area contributed by atoms with Crippen molar-refractivity contribution in [2.45, 2.75) is 20.3 Å². The van der Waals surface area contributed by atoms with Gasteiger partial charge < -0.3 is 9.47 Å². The van der Waals surface area contributed by atoms with Crippen LogP contribution < -0.4 is 25.6 Å². The van der Waals surface area contributed by atoms with E-state index in [1.54, 1.807) is 42.5 Å². The van der Waals surface area contributed by atoms with Gasteiger partial charge in [-0.3, -0.25) is 25.8 Å². The number of carbonyl (C=O) groups is 2. The number of benzene rings is 2. The van der Waals surface area contributed by atoms with Crippen LogP contribution in [0.2, 0.25) is 5.02 Å². The van der Waals surface area contributed by atoms with Crippen molar-refractivity contribution in [3.8, 4) is 11.5 Å². The van der Waals surface area contributed by atoms with E-state index in [9.17, 15) is 9.59 Å². The summed E-state index contributed by atoms with van der Waals surface area (Å²) < 4.78 is 10.9. The molecule has 0 aliphatic heterocycles. The maximum atomic E-state index is 12.3. The Morgan fingerprint density at radius 1 is 1.07 bits per heavy atom. The first kappa shape index (κ1) is 22.4. The Morgan fingerprint density at radius 3 is 2.55 bits per heavy atom. The summed E-state index contributed by atoms with van der Waals surface area (Å²) in [7, 11) is 0. The lowest BCUT2D eigenvalue weighted by atomic mass is 10.2. The maximum Gasteiger partial charge on any atom is 0.276 e. The Hall–Kier alpha value is -2.84. The van der Waals surface area contributed by atoms with Crippen LogP contribution in [0, 0.1) is 6.92 Å². The molecule has 0 unspecified atom stereocenters. The predicted octanol–water partition coefficient (Wildman–Crippen LogP) is 3.15. The molecular formula is C20H22ClN3O4S. The molecule has 0 saturated heterocycles. The van der Waals surface area contributed by atoms with Gasteiger partial charge in [0.05, 0.1) is 6.61 Å². The number of nitrogens with one attached hydrogen (secondary N) is 3. The van der Waals surface area contributed by atoms with Gasteiger partial charge in [-0.1, -0.05) is 24.6 Å². The topological polar surface area (TPSA) is 88.7 Å². The molecule has 2 aromatic carbocycles. The molecule has 2 rings (SSSR count). The van der Waals surface area contributed by atoms with Crippen LogP contribution in [0.25, 0.3) is 0 Å². The molecular weight excluding hydrogens is 414 g/mol. The molecule has 0 aliphatic rings. The van der Waals surface area contributed by atoms with E-state index in [0.717, 1.165) is 12.0 Å². The Balaban J connectivity index is 1.76. The van der Waals surface area contributed by atoms with Gasteiger partial charge in [0.25, 0.3) is 11.8 Å². The summed E-state index contributed by atoms with van der Waals surface area (Å²) in [5, 5.41) is 3.05. The van der Waals surface area contributed by atoms with Crippen molar-refractivity contribution in [1.82, 2.24) is 16.2 Å². The van der Waals surface area contributed by atoms with E-state index in [1.165, 1.54) is 0 Å². The number of halogens is 1. The molecule has 3 N–H and O–H groups in total. The number of hydrogen-bond acceptors (Lipinski definition) is 5. The highest BCUT2D eigenvalue weighted by atomic mass is 35.5. The van der Waals surface area contributed by atoms with Gasteiger partial charge in [-0.2, -0.15) is 0 Å². The number of hydrogen-bond donors (Lipinski definition) is 3. The number of rotatable bonds is 7. The first-order chi connectivity index (χ1) is 13.9. The van der Waals surface area contributed by atoms with Crippen LogP contribution in [0.5, 0.6) is 11.5 Å². The van der Waals surface area contributed by atoms with Crippen molar-refractivity contribution >= 4 is 40.7 Å². The summed E-state index contributed by atoms with van der Waals surface area (Å²) in [4.78, 5) is 24.1. The smallest absolute Gasteiger partial charge is 0.276 e. The van der Waals surface area contributed by atoms with E-state index < -0.39 is 11.8 Å². The van der Waals surface area contributed by atoms with Gasteiger partial charge in [0.1, 0.15) is 11.5 Å². The summed E-state index contributed by atoms with van der Waals surface area (Å²) in [6, 6.07) is 11.8. The summed E-state index contributed by atoms with van der Waals surface area (Å²) in [5.74, 6) is 0.222. The minimum absolute atomic E-state index is 0.0504. The highest BCUT2D eigenvalue weighted by Gasteiger charge is 2.10. The zero-order chi connectivity index (χ0) is 21.2. The molecule has 0 spiro atoms. The molecule has 0 saturated carbocycles. The first-order valence-corrected chi connectivity index (χ1v) is 9.69. The summed E-state index contributed by atoms with van der Waals surface area (Å²) in [6.45, 7) is 4.16. The third kappa shape index (κ3) is 7.59. The molecule has 0 aromatic heterocycles. The van der Waals surface area contributed by atoms with Gasteiger partial charge in [0.15, 0.2) is 11.7 Å². The van der Waals surface area contributed by atoms with Crippen LogP contribution in [0.3, 0.4) is 0 Å². The lowest BCUT2D eigenvalue weighted by molar-refractivity contribution is -0.123. The maximum absolute atomic E-state index is 12.3. The van der Waals surface area contributed by atoms with Gasteiger partial charge in [-0.25, -0.2) is 0 Å². The second-order valence-electron chi connectivity index (χ2n) is 6.03. The molecule has 2 aromatic rings. The zero-order valence-corrected chi connectivity index (χ0v) is 17.7. The third-order valence-electron chi connectivity index (χ3n) is 3.61. The molecule has 0 atom stereocenters. The lowest BCUT2D eigenvalue weighted by Gasteiger charge is -2.12. The van der Waals surface area contributed by atoms with Gasteiger partial charge in [-0.05, 0) is 67.5 Å². The second-order valence-corrected chi connectivity index (χ2v) is 6.85. The predicted molar refractivity (Wildman–Crippen MR) is 115 cm³/mol. The fraction of sp³-hybridized carbons (Fsp3) is 0.250. The quantitative estimate of drug-likeness (QED) is 0.457. The summed E-state index contributed by atoms with van der Waals surface area (Å²) in [5.41, 5.74) is 6.04. The van der Waals surface area contributed by atoms with Crippen LogP contribution in [-0.4, -0.2) is 30.1 Å². The monoisotopic (exact) mass is 435 g/mol. The number of carbonyl (C=O) groups excluding carboxylic acids is 2. The van der Waals surface area contributed by atoms with Crippen LogP contribution >= 0.6 is 23.8 Å². The normalized spacial score (nSPS) is 10.0. The second kappa shape index (κ2) is 11.2. The zero-order valence-electron chi connectivity index (χ0n) is 16.1. The Labute approximate surface area is 179 Å². The van der Waals surface area contributed by atoms with E-state index in [0.29, 0.717) is 28.7 Å². The fourth-order valence-corrected chi connectivity index (χ4v) is 2.43. The van der Waals surface area contributed by atoms with Gasteiger partial charge in [0.2, 0.25) is 0 Å². The van der Waals surface area contributed by atoms with Crippen molar-refractivity contribution in [3.05, 3.63) is 58.6 Å². The van der Waals surface area contributed by atoms with Crippen LogP contribution in [0.1, 0.15) is 29.3 Å². The molecule has 154 valence electrons. The van der Waals surface area contributed by atoms with Gasteiger partial charge in [-0.15, -0.1) is 0 Å². The van der Waals surface area contributed by atoms with Crippen LogP contribution in [0.15, 0.2) is 42.5 Å². The van der Waals surface area contributed by atoms with E-state index >= 15 is 0 Å². The number of ether oxygens (including phenoxy) is 2. The number of amides is 2. The molecule has 0 heterocycles. The first-order valence-electron chi connectivity index (χ1n) is 8.91. The Bertz CT molecular complexity index is 892.